The van der Waals surface area contributed by atoms with Gasteiger partial charge in [0.05, 0.1) is 10.4 Å². The minimum atomic E-state index is -0.668. The predicted octanol–water partition coefficient (Wildman–Crippen LogP) is 3.21. The third-order valence-corrected chi connectivity index (χ3v) is 5.61. The Morgan fingerprint density at radius 3 is 2.50 bits per heavy atom. The average Bonchev–Trinajstić information content (AvgIpc) is 2.71. The molecular weight excluding hydrogens is 424 g/mol. The monoisotopic (exact) mass is 436 g/mol. The number of thiocarbonyl (C=S) groups is 1. The molecule has 0 aliphatic carbocycles. The van der Waals surface area contributed by atoms with Crippen LogP contribution in [0, 0.1) is 10.1 Å². The molecule has 2 amide bonds. The first-order chi connectivity index (χ1) is 14.4. The van der Waals surface area contributed by atoms with E-state index in [2.05, 4.69) is 15.6 Å². The Morgan fingerprint density at radius 2 is 1.77 bits per heavy atom. The third-order valence-electron chi connectivity index (χ3n) is 4.26. The van der Waals surface area contributed by atoms with E-state index in [0.717, 1.165) is 15.8 Å². The summed E-state index contributed by atoms with van der Waals surface area (Å²) in [5, 5.41) is 16.8. The highest BCUT2D eigenvalue weighted by Crippen LogP contribution is 2.36. The molecule has 2 N–H and O–H groups in total. The molecule has 1 aliphatic rings. The fourth-order valence-electron chi connectivity index (χ4n) is 2.89. The van der Waals surface area contributed by atoms with Crippen molar-refractivity contribution in [2.75, 3.05) is 0 Å². The van der Waals surface area contributed by atoms with Gasteiger partial charge in [-0.3, -0.25) is 35.3 Å². The summed E-state index contributed by atoms with van der Waals surface area (Å²) in [4.78, 5) is 41.0. The van der Waals surface area contributed by atoms with Crippen LogP contribution in [0.25, 0.3) is 17.0 Å². The van der Waals surface area contributed by atoms with E-state index < -0.39 is 16.7 Å². The maximum atomic E-state index is 12.2. The number of benzene rings is 2. The Morgan fingerprint density at radius 1 is 1.03 bits per heavy atom. The van der Waals surface area contributed by atoms with Gasteiger partial charge in [-0.1, -0.05) is 30.0 Å². The van der Waals surface area contributed by atoms with Crippen molar-refractivity contribution in [1.29, 1.82) is 0 Å². The first-order valence-electron chi connectivity index (χ1n) is 8.61. The Kier molecular flexibility index (Phi) is 5.25. The number of hydrogen-bond acceptors (Lipinski definition) is 7. The molecule has 30 heavy (non-hydrogen) atoms. The number of carbonyl (C=O) groups is 2. The molecule has 1 aliphatic heterocycles. The molecule has 1 saturated heterocycles. The second-order valence-electron chi connectivity index (χ2n) is 6.21. The predicted molar refractivity (Wildman–Crippen MR) is 116 cm³/mol. The average molecular weight is 436 g/mol. The maximum Gasteiger partial charge on any atom is 0.270 e. The van der Waals surface area contributed by atoms with Crippen molar-refractivity contribution >= 4 is 63.6 Å². The normalized spacial score (nSPS) is 13.7. The standard InChI is InChI=1S/C20H12N4O4S2/c25-18-14(19(26)23-20(29)22-18)10-12-9-13(24(27)28)6-7-15(12)30-16-5-1-3-11-4-2-8-21-17(11)16/h1-10H,(H2,22,23,25,26,29). The highest BCUT2D eigenvalue weighted by Gasteiger charge is 2.26. The summed E-state index contributed by atoms with van der Waals surface area (Å²) in [6, 6.07) is 13.8. The lowest BCUT2D eigenvalue weighted by atomic mass is 10.1. The third kappa shape index (κ3) is 3.91. The topological polar surface area (TPSA) is 114 Å². The van der Waals surface area contributed by atoms with Gasteiger partial charge in [0.2, 0.25) is 0 Å². The van der Waals surface area contributed by atoms with Crippen molar-refractivity contribution in [3.8, 4) is 0 Å². The lowest BCUT2D eigenvalue weighted by molar-refractivity contribution is -0.384. The van der Waals surface area contributed by atoms with Gasteiger partial charge >= 0.3 is 0 Å². The summed E-state index contributed by atoms with van der Waals surface area (Å²) >= 11 is 6.14. The minimum absolute atomic E-state index is 0.0855. The molecular formula is C20H12N4O4S2. The highest BCUT2D eigenvalue weighted by atomic mass is 32.2. The van der Waals surface area contributed by atoms with Crippen LogP contribution in [0.15, 0.2) is 70.1 Å². The quantitative estimate of drug-likeness (QED) is 0.212. The van der Waals surface area contributed by atoms with E-state index >= 15 is 0 Å². The van der Waals surface area contributed by atoms with Crippen LogP contribution >= 0.6 is 24.0 Å². The number of nitrogens with one attached hydrogen (secondary N) is 2. The molecule has 148 valence electrons. The molecule has 8 nitrogen and oxygen atoms in total. The van der Waals surface area contributed by atoms with E-state index in [1.807, 2.05) is 30.3 Å². The van der Waals surface area contributed by atoms with Crippen LogP contribution < -0.4 is 10.6 Å². The van der Waals surface area contributed by atoms with Gasteiger partial charge in [0.15, 0.2) is 5.11 Å². The van der Waals surface area contributed by atoms with Crippen LogP contribution in [0.1, 0.15) is 5.56 Å². The first kappa shape index (κ1) is 19.7. The summed E-state index contributed by atoms with van der Waals surface area (Å²) in [5.74, 6) is -1.34. The van der Waals surface area contributed by atoms with Crippen molar-refractivity contribution in [1.82, 2.24) is 15.6 Å². The number of para-hydroxylation sites is 1. The number of nitrogens with zero attached hydrogens (tertiary/aromatic N) is 2. The molecule has 0 unspecified atom stereocenters. The van der Waals surface area contributed by atoms with Crippen molar-refractivity contribution in [2.45, 2.75) is 9.79 Å². The van der Waals surface area contributed by atoms with Crippen molar-refractivity contribution in [2.24, 2.45) is 0 Å². The number of aromatic nitrogens is 1. The zero-order chi connectivity index (χ0) is 21.3. The number of rotatable bonds is 4. The lowest BCUT2D eigenvalue weighted by Gasteiger charge is -2.17. The van der Waals surface area contributed by atoms with E-state index in [1.54, 1.807) is 12.3 Å². The summed E-state index contributed by atoms with van der Waals surface area (Å²) in [6.45, 7) is 0. The number of nitro benzene ring substituents is 1. The molecule has 1 aromatic heterocycles. The van der Waals surface area contributed by atoms with Gasteiger partial charge in [-0.25, -0.2) is 0 Å². The van der Waals surface area contributed by atoms with Crippen LogP contribution in [-0.4, -0.2) is 26.8 Å². The molecule has 0 atom stereocenters. The highest BCUT2D eigenvalue weighted by molar-refractivity contribution is 7.99. The van der Waals surface area contributed by atoms with Crippen molar-refractivity contribution < 1.29 is 14.5 Å². The van der Waals surface area contributed by atoms with Crippen molar-refractivity contribution in [3.63, 3.8) is 0 Å². The minimum Gasteiger partial charge on any atom is -0.299 e. The van der Waals surface area contributed by atoms with E-state index in [-0.39, 0.29) is 16.4 Å². The molecule has 0 bridgehead atoms. The zero-order valence-corrected chi connectivity index (χ0v) is 16.8. The second kappa shape index (κ2) is 8.01. The Balaban J connectivity index is 1.81. The maximum absolute atomic E-state index is 12.2. The smallest absolute Gasteiger partial charge is 0.270 e. The largest absolute Gasteiger partial charge is 0.299 e. The SMILES string of the molecule is O=C1NC(=S)NC(=O)C1=Cc1cc([N+](=O)[O-])ccc1Sc1cccc2cccnc12. The molecule has 1 fully saturated rings. The molecule has 10 heteroatoms. The van der Waals surface area contributed by atoms with Gasteiger partial charge in [0.1, 0.15) is 5.57 Å². The summed E-state index contributed by atoms with van der Waals surface area (Å²) in [5.41, 5.74) is 0.784. The fraction of sp³-hybridized carbons (Fsp3) is 0. The van der Waals surface area contributed by atoms with Gasteiger partial charge < -0.3 is 0 Å². The van der Waals surface area contributed by atoms with Crippen LogP contribution in [0.5, 0.6) is 0 Å². The summed E-state index contributed by atoms with van der Waals surface area (Å²) in [7, 11) is 0. The Labute approximate surface area is 179 Å². The molecule has 2 heterocycles. The van der Waals surface area contributed by atoms with Crippen LogP contribution in [0.2, 0.25) is 0 Å². The number of nitro groups is 1. The van der Waals surface area contributed by atoms with E-state index in [1.165, 1.54) is 30.0 Å². The molecule has 2 aromatic carbocycles. The molecule has 4 rings (SSSR count). The van der Waals surface area contributed by atoms with Gasteiger partial charge in [-0.05, 0) is 42.1 Å². The number of non-ortho nitro benzene ring substituents is 1. The van der Waals surface area contributed by atoms with Crippen molar-refractivity contribution in [3.05, 3.63) is 76.0 Å². The summed E-state index contributed by atoms with van der Waals surface area (Å²) in [6.07, 6.45) is 3.01. The fourth-order valence-corrected chi connectivity index (χ4v) is 4.10. The zero-order valence-electron chi connectivity index (χ0n) is 15.1. The van der Waals surface area contributed by atoms with Crippen LogP contribution in [0.4, 0.5) is 5.69 Å². The number of amides is 2. The van der Waals surface area contributed by atoms with Gasteiger partial charge in [0.25, 0.3) is 17.5 Å². The van der Waals surface area contributed by atoms with Crippen LogP contribution in [-0.2, 0) is 9.59 Å². The van der Waals surface area contributed by atoms with E-state index in [0.29, 0.717) is 10.5 Å². The van der Waals surface area contributed by atoms with E-state index in [9.17, 15) is 19.7 Å². The Hall–Kier alpha value is -3.63. The number of carbonyl (C=O) groups excluding carboxylic acids is 2. The van der Waals surface area contributed by atoms with Crippen LogP contribution in [0.3, 0.4) is 0 Å². The number of pyridine rings is 1. The molecule has 3 aromatic rings. The van der Waals surface area contributed by atoms with Gasteiger partial charge in [-0.2, -0.15) is 0 Å². The lowest BCUT2D eigenvalue weighted by Crippen LogP contribution is -2.51. The molecule has 0 spiro atoms. The van der Waals surface area contributed by atoms with Gasteiger partial charge in [0, 0.05) is 33.5 Å². The number of fused-ring (bicyclic) bond motifs is 1. The van der Waals surface area contributed by atoms with E-state index in [4.69, 9.17) is 12.2 Å². The number of hydrogen-bond donors (Lipinski definition) is 2. The summed E-state index contributed by atoms with van der Waals surface area (Å²) < 4.78 is 0. The van der Waals surface area contributed by atoms with Gasteiger partial charge in [-0.15, -0.1) is 0 Å². The molecule has 0 saturated carbocycles. The molecule has 0 radical (unpaired) electrons. The Bertz CT molecular complexity index is 1250. The first-order valence-corrected chi connectivity index (χ1v) is 9.83. The second-order valence-corrected chi connectivity index (χ2v) is 7.70.